The van der Waals surface area contributed by atoms with Crippen molar-refractivity contribution < 1.29 is 9.59 Å². The molecule has 0 bridgehead atoms. The fraction of sp³-hybridized carbons (Fsp3) is 0.667. The van der Waals surface area contributed by atoms with E-state index in [1.165, 1.54) is 11.3 Å². The van der Waals surface area contributed by atoms with Gasteiger partial charge in [0.1, 0.15) is 0 Å². The first-order valence-corrected chi connectivity index (χ1v) is 7.40. The third kappa shape index (κ3) is 2.05. The minimum atomic E-state index is -0.0610. The van der Waals surface area contributed by atoms with Crippen LogP contribution in [0.2, 0.25) is 0 Å². The average molecular weight is 275 g/mol. The Bertz CT molecular complexity index is 516. The molecule has 1 aromatic heterocycles. The van der Waals surface area contributed by atoms with E-state index >= 15 is 0 Å². The monoisotopic (exact) mass is 275 g/mol. The van der Waals surface area contributed by atoms with Gasteiger partial charge in [0.2, 0.25) is 11.8 Å². The Morgan fingerprint density at radius 3 is 2.15 bits per heavy atom. The van der Waals surface area contributed by atoms with Crippen LogP contribution in [0.15, 0.2) is 0 Å². The summed E-state index contributed by atoms with van der Waals surface area (Å²) < 4.78 is 0. The molecule has 1 spiro atoms. The third-order valence-electron chi connectivity index (χ3n) is 4.78. The standard InChI is InChI=1S/C15H21N3O2/c1-10-14(11(2)17-16-10)18-12(19)8-15(9-13(18)20)6-4-3-5-7-15/h3-9H2,1-2H3,(H,16,17). The number of aryl methyl sites for hydroxylation is 2. The van der Waals surface area contributed by atoms with Gasteiger partial charge in [-0.3, -0.25) is 14.7 Å². The molecule has 2 fully saturated rings. The van der Waals surface area contributed by atoms with E-state index in [0.717, 1.165) is 31.4 Å². The summed E-state index contributed by atoms with van der Waals surface area (Å²) in [6, 6.07) is 0. The van der Waals surface area contributed by atoms with Crippen molar-refractivity contribution in [3.63, 3.8) is 0 Å². The zero-order valence-electron chi connectivity index (χ0n) is 12.2. The van der Waals surface area contributed by atoms with Gasteiger partial charge in [-0.15, -0.1) is 0 Å². The summed E-state index contributed by atoms with van der Waals surface area (Å²) in [6.45, 7) is 3.67. The Labute approximate surface area is 118 Å². The van der Waals surface area contributed by atoms with E-state index in [-0.39, 0.29) is 17.2 Å². The smallest absolute Gasteiger partial charge is 0.234 e. The molecule has 1 aromatic rings. The molecule has 2 amide bonds. The number of imide groups is 1. The highest BCUT2D eigenvalue weighted by molar-refractivity contribution is 6.17. The first kappa shape index (κ1) is 13.3. The van der Waals surface area contributed by atoms with Crippen LogP contribution in [0.4, 0.5) is 5.69 Å². The molecular weight excluding hydrogens is 254 g/mol. The number of nitrogens with zero attached hydrogens (tertiary/aromatic N) is 2. The molecule has 108 valence electrons. The van der Waals surface area contributed by atoms with Gasteiger partial charge in [0, 0.05) is 12.8 Å². The number of aromatic amines is 1. The van der Waals surface area contributed by atoms with E-state index in [1.807, 2.05) is 13.8 Å². The highest BCUT2D eigenvalue weighted by atomic mass is 16.2. The van der Waals surface area contributed by atoms with Gasteiger partial charge in [-0.25, -0.2) is 4.90 Å². The first-order valence-electron chi connectivity index (χ1n) is 7.40. The number of aromatic nitrogens is 2. The average Bonchev–Trinajstić information content (AvgIpc) is 2.71. The van der Waals surface area contributed by atoms with E-state index in [9.17, 15) is 9.59 Å². The molecule has 0 atom stereocenters. The third-order valence-corrected chi connectivity index (χ3v) is 4.78. The predicted molar refractivity (Wildman–Crippen MR) is 75.3 cm³/mol. The van der Waals surface area contributed by atoms with Crippen molar-refractivity contribution >= 4 is 17.5 Å². The molecule has 0 radical (unpaired) electrons. The number of carbonyl (C=O) groups excluding carboxylic acids is 2. The van der Waals surface area contributed by atoms with Crippen molar-refractivity contribution in [1.29, 1.82) is 0 Å². The van der Waals surface area contributed by atoms with E-state index in [2.05, 4.69) is 10.2 Å². The van der Waals surface area contributed by atoms with Crippen LogP contribution < -0.4 is 4.90 Å². The molecule has 0 unspecified atom stereocenters. The lowest BCUT2D eigenvalue weighted by Gasteiger charge is -2.42. The summed E-state index contributed by atoms with van der Waals surface area (Å²) in [4.78, 5) is 26.4. The van der Waals surface area contributed by atoms with Gasteiger partial charge < -0.3 is 0 Å². The number of amides is 2. The van der Waals surface area contributed by atoms with Crippen LogP contribution in [0.25, 0.3) is 0 Å². The van der Waals surface area contributed by atoms with Gasteiger partial charge >= 0.3 is 0 Å². The number of anilines is 1. The quantitative estimate of drug-likeness (QED) is 0.801. The van der Waals surface area contributed by atoms with E-state index < -0.39 is 0 Å². The van der Waals surface area contributed by atoms with E-state index in [1.54, 1.807) is 0 Å². The summed E-state index contributed by atoms with van der Waals surface area (Å²) in [6.07, 6.45) is 6.55. The number of piperidine rings is 1. The van der Waals surface area contributed by atoms with Gasteiger partial charge in [-0.2, -0.15) is 5.10 Å². The zero-order valence-corrected chi connectivity index (χ0v) is 12.2. The zero-order chi connectivity index (χ0) is 14.3. The largest absolute Gasteiger partial charge is 0.280 e. The second-order valence-electron chi connectivity index (χ2n) is 6.32. The van der Waals surface area contributed by atoms with Crippen molar-refractivity contribution in [2.75, 3.05) is 4.90 Å². The predicted octanol–water partition coefficient (Wildman–Crippen LogP) is 2.63. The molecule has 20 heavy (non-hydrogen) atoms. The molecule has 1 saturated heterocycles. The van der Waals surface area contributed by atoms with Crippen molar-refractivity contribution in [3.8, 4) is 0 Å². The van der Waals surface area contributed by atoms with Crippen LogP contribution in [0.3, 0.4) is 0 Å². The molecule has 2 aliphatic rings. The lowest BCUT2D eigenvalue weighted by Crippen LogP contribution is -2.49. The topological polar surface area (TPSA) is 66.1 Å². The highest BCUT2D eigenvalue weighted by Gasteiger charge is 2.45. The van der Waals surface area contributed by atoms with Crippen molar-refractivity contribution in [1.82, 2.24) is 10.2 Å². The van der Waals surface area contributed by atoms with Crippen LogP contribution in [0.5, 0.6) is 0 Å². The fourth-order valence-corrected chi connectivity index (χ4v) is 3.78. The highest BCUT2D eigenvalue weighted by Crippen LogP contribution is 2.46. The van der Waals surface area contributed by atoms with Crippen LogP contribution in [-0.2, 0) is 9.59 Å². The molecule has 5 heteroatoms. The van der Waals surface area contributed by atoms with E-state index in [0.29, 0.717) is 24.2 Å². The van der Waals surface area contributed by atoms with Crippen molar-refractivity contribution in [3.05, 3.63) is 11.4 Å². The lowest BCUT2D eigenvalue weighted by atomic mass is 9.67. The first-order chi connectivity index (χ1) is 9.52. The summed E-state index contributed by atoms with van der Waals surface area (Å²) in [5.74, 6) is -0.119. The molecule has 1 aliphatic carbocycles. The van der Waals surface area contributed by atoms with Crippen LogP contribution in [0, 0.1) is 19.3 Å². The SMILES string of the molecule is Cc1n[nH]c(C)c1N1C(=O)CC2(CCCCC2)CC1=O. The fourth-order valence-electron chi connectivity index (χ4n) is 3.78. The molecule has 1 N–H and O–H groups in total. The summed E-state index contributed by atoms with van der Waals surface area (Å²) >= 11 is 0. The second kappa shape index (κ2) is 4.72. The number of nitrogens with one attached hydrogen (secondary N) is 1. The minimum absolute atomic E-state index is 0.0595. The van der Waals surface area contributed by atoms with Gasteiger partial charge in [0.15, 0.2) is 0 Å². The normalized spacial score (nSPS) is 22.6. The Balaban J connectivity index is 1.90. The van der Waals surface area contributed by atoms with Gasteiger partial charge in [0.05, 0.1) is 17.1 Å². The molecule has 1 saturated carbocycles. The number of rotatable bonds is 1. The lowest BCUT2D eigenvalue weighted by molar-refractivity contribution is -0.134. The summed E-state index contributed by atoms with van der Waals surface area (Å²) in [5, 5.41) is 6.94. The minimum Gasteiger partial charge on any atom is -0.280 e. The summed E-state index contributed by atoms with van der Waals surface area (Å²) in [7, 11) is 0. The number of hydrogen-bond acceptors (Lipinski definition) is 3. The maximum absolute atomic E-state index is 12.5. The summed E-state index contributed by atoms with van der Waals surface area (Å²) in [5.41, 5.74) is 2.09. The maximum Gasteiger partial charge on any atom is 0.234 e. The number of H-pyrrole nitrogens is 1. The number of carbonyl (C=O) groups is 2. The van der Waals surface area contributed by atoms with Crippen LogP contribution >= 0.6 is 0 Å². The Morgan fingerprint density at radius 1 is 1.05 bits per heavy atom. The van der Waals surface area contributed by atoms with E-state index in [4.69, 9.17) is 0 Å². The van der Waals surface area contributed by atoms with Gasteiger partial charge in [-0.05, 0) is 32.1 Å². The maximum atomic E-state index is 12.5. The van der Waals surface area contributed by atoms with Crippen molar-refractivity contribution in [2.45, 2.75) is 58.8 Å². The van der Waals surface area contributed by atoms with Gasteiger partial charge in [0.25, 0.3) is 0 Å². The molecule has 1 aliphatic heterocycles. The van der Waals surface area contributed by atoms with Gasteiger partial charge in [-0.1, -0.05) is 19.3 Å². The Morgan fingerprint density at radius 2 is 1.65 bits per heavy atom. The Hall–Kier alpha value is -1.65. The van der Waals surface area contributed by atoms with Crippen LogP contribution in [0.1, 0.15) is 56.3 Å². The van der Waals surface area contributed by atoms with Crippen LogP contribution in [-0.4, -0.2) is 22.0 Å². The molecule has 2 heterocycles. The van der Waals surface area contributed by atoms with Crippen molar-refractivity contribution in [2.24, 2.45) is 5.41 Å². The molecule has 0 aromatic carbocycles. The molecular formula is C15H21N3O2. The number of hydrogen-bond donors (Lipinski definition) is 1. The molecule has 5 nitrogen and oxygen atoms in total. The second-order valence-corrected chi connectivity index (χ2v) is 6.32. The Kier molecular flexibility index (Phi) is 3.15. The molecule has 3 rings (SSSR count).